The van der Waals surface area contributed by atoms with Crippen molar-refractivity contribution in [2.24, 2.45) is 0 Å². The third kappa shape index (κ3) is 5.55. The summed E-state index contributed by atoms with van der Waals surface area (Å²) in [7, 11) is 0. The summed E-state index contributed by atoms with van der Waals surface area (Å²) < 4.78 is 0. The second-order valence-corrected chi connectivity index (χ2v) is 8.86. The first-order chi connectivity index (χ1) is 15.0. The van der Waals surface area contributed by atoms with Gasteiger partial charge in [-0.15, -0.1) is 11.3 Å². The largest absolute Gasteiger partial charge is 0.368 e. The number of amides is 2. The van der Waals surface area contributed by atoms with E-state index in [1.807, 2.05) is 29.2 Å². The molecule has 1 aromatic heterocycles. The molecular formula is C22H20Cl2N4O2S. The van der Waals surface area contributed by atoms with Crippen LogP contribution in [0.4, 0.5) is 10.8 Å². The molecule has 3 aromatic rings. The Morgan fingerprint density at radius 2 is 1.55 bits per heavy atom. The average Bonchev–Trinajstić information content (AvgIpc) is 3.21. The van der Waals surface area contributed by atoms with E-state index in [1.54, 1.807) is 29.6 Å². The number of hydrogen-bond donors (Lipinski definition) is 1. The molecular weight excluding hydrogens is 455 g/mol. The average molecular weight is 475 g/mol. The van der Waals surface area contributed by atoms with Gasteiger partial charge < -0.3 is 9.80 Å². The quantitative estimate of drug-likeness (QED) is 0.586. The summed E-state index contributed by atoms with van der Waals surface area (Å²) in [6.07, 6.45) is 0.217. The molecule has 9 heteroatoms. The Balaban J connectivity index is 1.28. The van der Waals surface area contributed by atoms with Gasteiger partial charge in [0.2, 0.25) is 5.91 Å². The third-order valence-electron chi connectivity index (χ3n) is 5.04. The van der Waals surface area contributed by atoms with Gasteiger partial charge >= 0.3 is 0 Å². The lowest BCUT2D eigenvalue weighted by atomic mass is 10.2. The lowest BCUT2D eigenvalue weighted by Crippen LogP contribution is -2.49. The predicted molar refractivity (Wildman–Crippen MR) is 125 cm³/mol. The summed E-state index contributed by atoms with van der Waals surface area (Å²) >= 11 is 13.1. The van der Waals surface area contributed by atoms with E-state index in [1.165, 1.54) is 11.3 Å². The number of benzene rings is 2. The van der Waals surface area contributed by atoms with Crippen molar-refractivity contribution in [2.75, 3.05) is 36.4 Å². The van der Waals surface area contributed by atoms with Crippen molar-refractivity contribution < 1.29 is 9.59 Å². The third-order valence-corrected chi connectivity index (χ3v) is 6.35. The van der Waals surface area contributed by atoms with Crippen molar-refractivity contribution in [1.29, 1.82) is 0 Å². The number of carbonyl (C=O) groups excluding carboxylic acids is 2. The van der Waals surface area contributed by atoms with Crippen molar-refractivity contribution in [3.63, 3.8) is 0 Å². The van der Waals surface area contributed by atoms with Crippen LogP contribution in [0.3, 0.4) is 0 Å². The summed E-state index contributed by atoms with van der Waals surface area (Å²) in [5.74, 6) is -0.223. The number of aromatic nitrogens is 1. The molecule has 0 unspecified atom stereocenters. The van der Waals surface area contributed by atoms with Crippen LogP contribution in [-0.4, -0.2) is 47.9 Å². The topological polar surface area (TPSA) is 65.5 Å². The van der Waals surface area contributed by atoms with Crippen LogP contribution >= 0.6 is 34.5 Å². The van der Waals surface area contributed by atoms with E-state index >= 15 is 0 Å². The number of carbonyl (C=O) groups is 2. The Hall–Kier alpha value is -2.61. The number of thiazole rings is 1. The minimum Gasteiger partial charge on any atom is -0.368 e. The van der Waals surface area contributed by atoms with Crippen molar-refractivity contribution in [1.82, 2.24) is 9.88 Å². The fraction of sp³-hybridized carbons (Fsp3) is 0.227. The standard InChI is InChI=1S/C22H20Cl2N4O2S/c23-16-3-1-15(2-4-16)21(30)26-22-25-18(14-31-22)13-20(29)28-11-9-27(10-12-28)19-7-5-17(24)6-8-19/h1-8,14H,9-13H2,(H,25,26,30). The molecule has 1 fully saturated rings. The summed E-state index contributed by atoms with van der Waals surface area (Å²) in [6.45, 7) is 2.86. The second-order valence-electron chi connectivity index (χ2n) is 7.13. The maximum atomic E-state index is 12.7. The number of nitrogens with zero attached hydrogens (tertiary/aromatic N) is 3. The molecule has 0 spiro atoms. The van der Waals surface area contributed by atoms with Gasteiger partial charge in [0.1, 0.15) is 0 Å². The van der Waals surface area contributed by atoms with E-state index in [4.69, 9.17) is 23.2 Å². The van der Waals surface area contributed by atoms with Gasteiger partial charge in [0, 0.05) is 52.9 Å². The number of hydrogen-bond acceptors (Lipinski definition) is 5. The van der Waals surface area contributed by atoms with Gasteiger partial charge in [-0.25, -0.2) is 4.98 Å². The minimum atomic E-state index is -0.262. The van der Waals surface area contributed by atoms with Crippen LogP contribution in [0.2, 0.25) is 10.0 Å². The van der Waals surface area contributed by atoms with Gasteiger partial charge in [-0.3, -0.25) is 14.9 Å². The van der Waals surface area contributed by atoms with Crippen LogP contribution in [0.1, 0.15) is 16.1 Å². The highest BCUT2D eigenvalue weighted by Gasteiger charge is 2.22. The molecule has 2 amide bonds. The Labute approximate surface area is 194 Å². The molecule has 0 atom stereocenters. The zero-order valence-corrected chi connectivity index (χ0v) is 18.9. The highest BCUT2D eigenvalue weighted by atomic mass is 35.5. The van der Waals surface area contributed by atoms with Gasteiger partial charge in [0.05, 0.1) is 12.1 Å². The van der Waals surface area contributed by atoms with Crippen molar-refractivity contribution in [3.8, 4) is 0 Å². The van der Waals surface area contributed by atoms with E-state index in [-0.39, 0.29) is 18.2 Å². The van der Waals surface area contributed by atoms with Gasteiger partial charge in [-0.1, -0.05) is 23.2 Å². The normalized spacial score (nSPS) is 13.9. The van der Waals surface area contributed by atoms with Crippen LogP contribution in [0.25, 0.3) is 0 Å². The summed E-state index contributed by atoms with van der Waals surface area (Å²) in [6, 6.07) is 14.4. The molecule has 1 aliphatic rings. The summed E-state index contributed by atoms with van der Waals surface area (Å²) in [5, 5.41) is 6.32. The molecule has 1 saturated heterocycles. The Morgan fingerprint density at radius 3 is 2.19 bits per heavy atom. The Morgan fingerprint density at radius 1 is 0.935 bits per heavy atom. The molecule has 0 bridgehead atoms. The molecule has 160 valence electrons. The zero-order chi connectivity index (χ0) is 21.8. The minimum absolute atomic E-state index is 0.0385. The van der Waals surface area contributed by atoms with Crippen molar-refractivity contribution in [3.05, 3.63) is 75.2 Å². The molecule has 2 aromatic carbocycles. The molecule has 2 heterocycles. The van der Waals surface area contributed by atoms with Gasteiger partial charge in [0.15, 0.2) is 5.13 Å². The lowest BCUT2D eigenvalue weighted by Gasteiger charge is -2.36. The number of anilines is 2. The van der Waals surface area contributed by atoms with E-state index in [9.17, 15) is 9.59 Å². The van der Waals surface area contributed by atoms with Gasteiger partial charge in [-0.05, 0) is 48.5 Å². The molecule has 1 N–H and O–H groups in total. The van der Waals surface area contributed by atoms with E-state index in [0.717, 1.165) is 18.8 Å². The SMILES string of the molecule is O=C(Nc1nc(CC(=O)N2CCN(c3ccc(Cl)cc3)CC2)cs1)c1ccc(Cl)cc1. The lowest BCUT2D eigenvalue weighted by molar-refractivity contribution is -0.130. The molecule has 0 saturated carbocycles. The highest BCUT2D eigenvalue weighted by molar-refractivity contribution is 7.14. The number of halogens is 2. The first-order valence-electron chi connectivity index (χ1n) is 9.77. The van der Waals surface area contributed by atoms with E-state index in [2.05, 4.69) is 15.2 Å². The maximum Gasteiger partial charge on any atom is 0.257 e. The molecule has 1 aliphatic heterocycles. The molecule has 0 radical (unpaired) electrons. The van der Waals surface area contributed by atoms with Gasteiger partial charge in [0.25, 0.3) is 5.91 Å². The Bertz CT molecular complexity index is 1060. The fourth-order valence-electron chi connectivity index (χ4n) is 3.35. The van der Waals surface area contributed by atoms with E-state index in [0.29, 0.717) is 39.5 Å². The van der Waals surface area contributed by atoms with Crippen LogP contribution in [0, 0.1) is 0 Å². The van der Waals surface area contributed by atoms with E-state index < -0.39 is 0 Å². The first-order valence-corrected chi connectivity index (χ1v) is 11.4. The zero-order valence-electron chi connectivity index (χ0n) is 16.6. The van der Waals surface area contributed by atoms with Crippen LogP contribution in [0.5, 0.6) is 0 Å². The number of piperazine rings is 1. The van der Waals surface area contributed by atoms with Crippen molar-refractivity contribution >= 4 is 57.2 Å². The first kappa shape index (κ1) is 21.6. The Kier molecular flexibility index (Phi) is 6.75. The molecule has 4 rings (SSSR count). The second kappa shape index (κ2) is 9.68. The van der Waals surface area contributed by atoms with Crippen molar-refractivity contribution in [2.45, 2.75) is 6.42 Å². The monoisotopic (exact) mass is 474 g/mol. The van der Waals surface area contributed by atoms with Crippen LogP contribution in [-0.2, 0) is 11.2 Å². The molecule has 0 aliphatic carbocycles. The number of rotatable bonds is 5. The van der Waals surface area contributed by atoms with Crippen LogP contribution in [0.15, 0.2) is 53.9 Å². The van der Waals surface area contributed by atoms with Crippen LogP contribution < -0.4 is 10.2 Å². The summed E-state index contributed by atoms with van der Waals surface area (Å²) in [5.41, 5.74) is 2.26. The number of nitrogens with one attached hydrogen (secondary N) is 1. The fourth-order valence-corrected chi connectivity index (χ4v) is 4.31. The smallest absolute Gasteiger partial charge is 0.257 e. The maximum absolute atomic E-state index is 12.7. The summed E-state index contributed by atoms with van der Waals surface area (Å²) in [4.78, 5) is 33.5. The highest BCUT2D eigenvalue weighted by Crippen LogP contribution is 2.21. The molecule has 31 heavy (non-hydrogen) atoms. The molecule has 6 nitrogen and oxygen atoms in total. The predicted octanol–water partition coefficient (Wildman–Crippen LogP) is 4.59. The van der Waals surface area contributed by atoms with Gasteiger partial charge in [-0.2, -0.15) is 0 Å².